The van der Waals surface area contributed by atoms with Gasteiger partial charge in [-0.25, -0.2) is 4.98 Å². The molecule has 0 bridgehead atoms. The molecule has 1 aromatic heterocycles. The Labute approximate surface area is 106 Å². The minimum Gasteiger partial charge on any atom is -0.465 e. The molecule has 1 heterocycles. The quantitative estimate of drug-likeness (QED) is 0.761. The number of esters is 1. The van der Waals surface area contributed by atoms with Crippen molar-refractivity contribution < 1.29 is 14.3 Å². The molecule has 0 aliphatic rings. The van der Waals surface area contributed by atoms with Crippen LogP contribution in [0.15, 0.2) is 5.38 Å². The van der Waals surface area contributed by atoms with Crippen LogP contribution < -0.4 is 0 Å². The molecular formula is C12H19NO3S. The van der Waals surface area contributed by atoms with E-state index in [4.69, 9.17) is 9.47 Å². The standard InChI is InChI=1S/C12H19NO3S/c1-6-16-11(14)12(3,4)9-7-17-10(13-9)8(2)15-5/h7-8H,6H2,1-5H3/t8-/m0/s1. The second-order valence-electron chi connectivity index (χ2n) is 4.29. The first-order chi connectivity index (χ1) is 7.93. The third-order valence-corrected chi connectivity index (χ3v) is 3.66. The predicted octanol–water partition coefficient (Wildman–Crippen LogP) is 2.69. The highest BCUT2D eigenvalue weighted by Crippen LogP contribution is 2.29. The van der Waals surface area contributed by atoms with Gasteiger partial charge in [-0.2, -0.15) is 0 Å². The second-order valence-corrected chi connectivity index (χ2v) is 5.18. The number of carbonyl (C=O) groups excluding carboxylic acids is 1. The Morgan fingerprint density at radius 3 is 2.76 bits per heavy atom. The van der Waals surface area contributed by atoms with Crippen LogP contribution in [0.3, 0.4) is 0 Å². The van der Waals surface area contributed by atoms with Gasteiger partial charge in [-0.3, -0.25) is 4.79 Å². The molecule has 0 aliphatic carbocycles. The lowest BCUT2D eigenvalue weighted by molar-refractivity contribution is -0.148. The molecule has 1 atom stereocenters. The van der Waals surface area contributed by atoms with Gasteiger partial charge in [0.1, 0.15) is 16.5 Å². The largest absolute Gasteiger partial charge is 0.465 e. The van der Waals surface area contributed by atoms with E-state index >= 15 is 0 Å². The summed E-state index contributed by atoms with van der Waals surface area (Å²) in [5.41, 5.74) is 0.0259. The molecule has 0 saturated heterocycles. The molecule has 1 rings (SSSR count). The molecule has 17 heavy (non-hydrogen) atoms. The number of nitrogens with zero attached hydrogens (tertiary/aromatic N) is 1. The zero-order chi connectivity index (χ0) is 13.1. The first-order valence-electron chi connectivity index (χ1n) is 5.59. The lowest BCUT2D eigenvalue weighted by atomic mass is 9.90. The molecule has 1 aromatic rings. The summed E-state index contributed by atoms with van der Waals surface area (Å²) in [4.78, 5) is 16.3. The lowest BCUT2D eigenvalue weighted by Gasteiger charge is -2.19. The first-order valence-corrected chi connectivity index (χ1v) is 6.47. The molecule has 0 radical (unpaired) electrons. The number of aromatic nitrogens is 1. The third kappa shape index (κ3) is 3.04. The Kier molecular flexibility index (Phi) is 4.65. The molecule has 0 aromatic carbocycles. The number of hydrogen-bond acceptors (Lipinski definition) is 5. The number of methoxy groups -OCH3 is 1. The third-order valence-electron chi connectivity index (χ3n) is 2.65. The molecule has 4 nitrogen and oxygen atoms in total. The molecule has 0 saturated carbocycles. The van der Waals surface area contributed by atoms with Crippen LogP contribution >= 0.6 is 11.3 Å². The van der Waals surface area contributed by atoms with E-state index in [0.717, 1.165) is 10.7 Å². The molecule has 5 heteroatoms. The van der Waals surface area contributed by atoms with E-state index in [1.807, 2.05) is 26.2 Å². The molecule has 0 unspecified atom stereocenters. The van der Waals surface area contributed by atoms with Gasteiger partial charge < -0.3 is 9.47 Å². The van der Waals surface area contributed by atoms with Gasteiger partial charge in [0.05, 0.1) is 12.3 Å². The number of thiazole rings is 1. The topological polar surface area (TPSA) is 48.4 Å². The number of ether oxygens (including phenoxy) is 2. The Morgan fingerprint density at radius 2 is 2.24 bits per heavy atom. The normalized spacial score (nSPS) is 13.5. The number of rotatable bonds is 5. The highest BCUT2D eigenvalue weighted by Gasteiger charge is 2.34. The van der Waals surface area contributed by atoms with Gasteiger partial charge >= 0.3 is 5.97 Å². The fourth-order valence-corrected chi connectivity index (χ4v) is 2.30. The van der Waals surface area contributed by atoms with Crippen LogP contribution in [0.4, 0.5) is 0 Å². The zero-order valence-corrected chi connectivity index (χ0v) is 11.8. The van der Waals surface area contributed by atoms with Crippen LogP contribution in [0.2, 0.25) is 0 Å². The Balaban J connectivity index is 2.92. The molecule has 0 N–H and O–H groups in total. The van der Waals surface area contributed by atoms with E-state index in [1.165, 1.54) is 11.3 Å². The molecule has 0 fully saturated rings. The fraction of sp³-hybridized carbons (Fsp3) is 0.667. The summed E-state index contributed by atoms with van der Waals surface area (Å²) >= 11 is 1.50. The van der Waals surface area contributed by atoms with Crippen LogP contribution in [0, 0.1) is 0 Å². The monoisotopic (exact) mass is 257 g/mol. The van der Waals surface area contributed by atoms with Crippen molar-refractivity contribution in [2.75, 3.05) is 13.7 Å². The average molecular weight is 257 g/mol. The minimum absolute atomic E-state index is 0.0493. The smallest absolute Gasteiger partial charge is 0.317 e. The van der Waals surface area contributed by atoms with Crippen LogP contribution in [0.1, 0.15) is 44.5 Å². The van der Waals surface area contributed by atoms with Crippen molar-refractivity contribution in [3.8, 4) is 0 Å². The van der Waals surface area contributed by atoms with Crippen molar-refractivity contribution in [3.05, 3.63) is 16.1 Å². The molecule has 0 aliphatic heterocycles. The van der Waals surface area contributed by atoms with Crippen molar-refractivity contribution in [2.24, 2.45) is 0 Å². The van der Waals surface area contributed by atoms with Crippen molar-refractivity contribution in [2.45, 2.75) is 39.2 Å². The van der Waals surface area contributed by atoms with E-state index in [0.29, 0.717) is 6.61 Å². The highest BCUT2D eigenvalue weighted by atomic mass is 32.1. The second kappa shape index (κ2) is 5.60. The number of hydrogen-bond donors (Lipinski definition) is 0. The Bertz CT molecular complexity index is 387. The minimum atomic E-state index is -0.710. The van der Waals surface area contributed by atoms with Gasteiger partial charge in [0.2, 0.25) is 0 Å². The molecular weight excluding hydrogens is 238 g/mol. The van der Waals surface area contributed by atoms with Crippen LogP contribution in [-0.4, -0.2) is 24.7 Å². The number of carbonyl (C=O) groups is 1. The SMILES string of the molecule is CCOC(=O)C(C)(C)c1csc([C@H](C)OC)n1. The van der Waals surface area contributed by atoms with Crippen molar-refractivity contribution in [1.29, 1.82) is 0 Å². The van der Waals surface area contributed by atoms with Crippen molar-refractivity contribution in [1.82, 2.24) is 4.98 Å². The fourth-order valence-electron chi connectivity index (χ4n) is 1.28. The average Bonchev–Trinajstić information content (AvgIpc) is 2.78. The van der Waals surface area contributed by atoms with Gasteiger partial charge in [-0.05, 0) is 27.7 Å². The Hall–Kier alpha value is -0.940. The summed E-state index contributed by atoms with van der Waals surface area (Å²) in [6.07, 6.45) is -0.0493. The van der Waals surface area contributed by atoms with Crippen LogP contribution in [-0.2, 0) is 19.7 Å². The van der Waals surface area contributed by atoms with E-state index in [-0.39, 0.29) is 12.1 Å². The summed E-state index contributed by atoms with van der Waals surface area (Å²) in [5.74, 6) is -0.248. The van der Waals surface area contributed by atoms with E-state index < -0.39 is 5.41 Å². The first kappa shape index (κ1) is 14.1. The van der Waals surface area contributed by atoms with E-state index in [9.17, 15) is 4.79 Å². The summed E-state index contributed by atoms with van der Waals surface area (Å²) < 4.78 is 10.3. The highest BCUT2D eigenvalue weighted by molar-refractivity contribution is 7.09. The molecule has 96 valence electrons. The van der Waals surface area contributed by atoms with E-state index in [2.05, 4.69) is 4.98 Å². The van der Waals surface area contributed by atoms with Crippen molar-refractivity contribution in [3.63, 3.8) is 0 Å². The summed E-state index contributed by atoms with van der Waals surface area (Å²) in [7, 11) is 1.64. The predicted molar refractivity (Wildman–Crippen MR) is 67.2 cm³/mol. The maximum Gasteiger partial charge on any atom is 0.317 e. The zero-order valence-electron chi connectivity index (χ0n) is 10.9. The van der Waals surface area contributed by atoms with Gasteiger partial charge in [0.25, 0.3) is 0 Å². The molecule has 0 spiro atoms. The summed E-state index contributed by atoms with van der Waals surface area (Å²) in [6.45, 7) is 7.75. The lowest BCUT2D eigenvalue weighted by Crippen LogP contribution is -2.31. The molecule has 0 amide bonds. The Morgan fingerprint density at radius 1 is 1.59 bits per heavy atom. The van der Waals surface area contributed by atoms with Gasteiger partial charge in [0.15, 0.2) is 0 Å². The van der Waals surface area contributed by atoms with Crippen LogP contribution in [0.25, 0.3) is 0 Å². The maximum atomic E-state index is 11.8. The van der Waals surface area contributed by atoms with Crippen LogP contribution in [0.5, 0.6) is 0 Å². The van der Waals surface area contributed by atoms with Gasteiger partial charge in [-0.15, -0.1) is 11.3 Å². The van der Waals surface area contributed by atoms with E-state index in [1.54, 1.807) is 14.0 Å². The van der Waals surface area contributed by atoms with Gasteiger partial charge in [0, 0.05) is 12.5 Å². The van der Waals surface area contributed by atoms with Gasteiger partial charge in [-0.1, -0.05) is 0 Å². The maximum absolute atomic E-state index is 11.8. The van der Waals surface area contributed by atoms with Crippen molar-refractivity contribution >= 4 is 17.3 Å². The summed E-state index contributed by atoms with van der Waals surface area (Å²) in [5, 5.41) is 2.77. The summed E-state index contributed by atoms with van der Waals surface area (Å²) in [6, 6.07) is 0.